The summed E-state index contributed by atoms with van der Waals surface area (Å²) >= 11 is 0. The highest BCUT2D eigenvalue weighted by Gasteiger charge is 2.42. The van der Waals surface area contributed by atoms with Gasteiger partial charge in [0.2, 0.25) is 5.91 Å². The summed E-state index contributed by atoms with van der Waals surface area (Å²) in [6, 6.07) is 2.75. The zero-order valence-corrected chi connectivity index (χ0v) is 12.4. The lowest BCUT2D eigenvalue weighted by Crippen LogP contribution is -2.44. The molecule has 6 heteroatoms. The van der Waals surface area contributed by atoms with Crippen molar-refractivity contribution < 1.29 is 18.4 Å². The number of aryl methyl sites for hydroxylation is 1. The normalized spacial score (nSPS) is 20.3. The fourth-order valence-electron chi connectivity index (χ4n) is 3.27. The minimum Gasteiger partial charge on any atom is -0.356 e. The molecule has 2 saturated heterocycles. The fraction of sp³-hybridized carbons (Fsp3) is 0.500. The molecule has 0 saturated carbocycles. The lowest BCUT2D eigenvalue weighted by atomic mass is 9.77. The number of nitrogens with one attached hydrogen (secondary N) is 1. The van der Waals surface area contributed by atoms with E-state index in [4.69, 9.17) is 0 Å². The van der Waals surface area contributed by atoms with E-state index in [9.17, 15) is 18.4 Å². The summed E-state index contributed by atoms with van der Waals surface area (Å²) in [5.74, 6) is -2.48. The molecule has 22 heavy (non-hydrogen) atoms. The minimum atomic E-state index is -1.08. The predicted octanol–water partition coefficient (Wildman–Crippen LogP) is 2.02. The molecule has 2 fully saturated rings. The number of carbonyl (C=O) groups is 2. The van der Waals surface area contributed by atoms with Gasteiger partial charge < -0.3 is 10.2 Å². The van der Waals surface area contributed by atoms with Crippen molar-refractivity contribution in [1.29, 1.82) is 0 Å². The first kappa shape index (κ1) is 14.9. The molecule has 118 valence electrons. The highest BCUT2D eigenvalue weighted by Crippen LogP contribution is 2.37. The monoisotopic (exact) mass is 308 g/mol. The van der Waals surface area contributed by atoms with E-state index < -0.39 is 17.5 Å². The SMILES string of the molecule is Cc1ccc(C(=O)N2CCC3(CC2)CNC(=O)C3)c(F)c1F. The van der Waals surface area contributed by atoms with Crippen molar-refractivity contribution in [2.24, 2.45) is 5.41 Å². The van der Waals surface area contributed by atoms with Crippen molar-refractivity contribution >= 4 is 11.8 Å². The Hall–Kier alpha value is -1.98. The second-order valence-electron chi connectivity index (χ2n) is 6.30. The second-order valence-corrected chi connectivity index (χ2v) is 6.30. The quantitative estimate of drug-likeness (QED) is 0.863. The Bertz CT molecular complexity index is 637. The van der Waals surface area contributed by atoms with Gasteiger partial charge in [-0.2, -0.15) is 0 Å². The Morgan fingerprint density at radius 2 is 1.91 bits per heavy atom. The molecule has 0 radical (unpaired) electrons. The topological polar surface area (TPSA) is 49.4 Å². The minimum absolute atomic E-state index is 0.0476. The zero-order valence-electron chi connectivity index (χ0n) is 12.4. The number of benzene rings is 1. The van der Waals surface area contributed by atoms with Gasteiger partial charge in [-0.3, -0.25) is 9.59 Å². The molecule has 0 bridgehead atoms. The van der Waals surface area contributed by atoms with E-state index in [2.05, 4.69) is 5.32 Å². The summed E-state index contributed by atoms with van der Waals surface area (Å²) in [7, 11) is 0. The number of rotatable bonds is 1. The van der Waals surface area contributed by atoms with Crippen LogP contribution in [0.15, 0.2) is 12.1 Å². The number of hydrogen-bond donors (Lipinski definition) is 1. The number of amides is 2. The zero-order chi connectivity index (χ0) is 15.9. The van der Waals surface area contributed by atoms with Crippen LogP contribution in [0.2, 0.25) is 0 Å². The summed E-state index contributed by atoms with van der Waals surface area (Å²) in [5.41, 5.74) is -0.118. The molecule has 3 rings (SSSR count). The Kier molecular flexibility index (Phi) is 3.62. The molecule has 2 amide bonds. The van der Waals surface area contributed by atoms with Crippen LogP contribution >= 0.6 is 0 Å². The van der Waals surface area contributed by atoms with E-state index in [1.807, 2.05) is 0 Å². The van der Waals surface area contributed by atoms with Crippen LogP contribution in [-0.4, -0.2) is 36.3 Å². The first-order valence-electron chi connectivity index (χ1n) is 7.42. The molecule has 1 spiro atoms. The standard InChI is InChI=1S/C16H18F2N2O2/c1-10-2-3-11(14(18)13(10)17)15(22)20-6-4-16(5-7-20)8-12(21)19-9-16/h2-3H,4-9H2,1H3,(H,19,21). The Morgan fingerprint density at radius 3 is 2.50 bits per heavy atom. The van der Waals surface area contributed by atoms with Crippen LogP contribution < -0.4 is 5.32 Å². The number of piperidine rings is 1. The number of carbonyl (C=O) groups excluding carboxylic acids is 2. The highest BCUT2D eigenvalue weighted by atomic mass is 19.2. The number of nitrogens with zero attached hydrogens (tertiary/aromatic N) is 1. The molecule has 0 aliphatic carbocycles. The third-order valence-corrected chi connectivity index (χ3v) is 4.81. The van der Waals surface area contributed by atoms with Crippen molar-refractivity contribution in [2.45, 2.75) is 26.2 Å². The van der Waals surface area contributed by atoms with E-state index >= 15 is 0 Å². The molecule has 0 aromatic heterocycles. The third kappa shape index (κ3) is 2.46. The van der Waals surface area contributed by atoms with Gasteiger partial charge in [-0.15, -0.1) is 0 Å². The molecule has 0 atom stereocenters. The van der Waals surface area contributed by atoms with Gasteiger partial charge in [0, 0.05) is 26.1 Å². The maximum atomic E-state index is 13.9. The van der Waals surface area contributed by atoms with Crippen LogP contribution in [0, 0.1) is 24.0 Å². The average Bonchev–Trinajstić information content (AvgIpc) is 2.86. The molecule has 1 aromatic rings. The van der Waals surface area contributed by atoms with Crippen LogP contribution in [-0.2, 0) is 4.79 Å². The molecule has 1 aromatic carbocycles. The van der Waals surface area contributed by atoms with Crippen molar-refractivity contribution in [3.05, 3.63) is 34.9 Å². The van der Waals surface area contributed by atoms with Gasteiger partial charge in [0.05, 0.1) is 5.56 Å². The Balaban J connectivity index is 1.73. The largest absolute Gasteiger partial charge is 0.356 e. The van der Waals surface area contributed by atoms with Crippen LogP contribution in [0.4, 0.5) is 8.78 Å². The summed E-state index contributed by atoms with van der Waals surface area (Å²) in [5, 5.41) is 2.83. The number of halogens is 2. The summed E-state index contributed by atoms with van der Waals surface area (Å²) in [4.78, 5) is 25.3. The van der Waals surface area contributed by atoms with Gasteiger partial charge in [-0.1, -0.05) is 6.07 Å². The second kappa shape index (κ2) is 5.34. The smallest absolute Gasteiger partial charge is 0.256 e. The third-order valence-electron chi connectivity index (χ3n) is 4.81. The fourth-order valence-corrected chi connectivity index (χ4v) is 3.27. The molecule has 4 nitrogen and oxygen atoms in total. The van der Waals surface area contributed by atoms with Crippen molar-refractivity contribution in [3.8, 4) is 0 Å². The van der Waals surface area contributed by atoms with Gasteiger partial charge >= 0.3 is 0 Å². The summed E-state index contributed by atoms with van der Waals surface area (Å²) in [6.07, 6.45) is 1.89. The van der Waals surface area contributed by atoms with Crippen LogP contribution in [0.3, 0.4) is 0 Å². The van der Waals surface area contributed by atoms with Gasteiger partial charge in [0.1, 0.15) is 0 Å². The molecular weight excluding hydrogens is 290 g/mol. The van der Waals surface area contributed by atoms with E-state index in [1.54, 1.807) is 4.90 Å². The average molecular weight is 308 g/mol. The van der Waals surface area contributed by atoms with E-state index in [1.165, 1.54) is 19.1 Å². The number of hydrogen-bond acceptors (Lipinski definition) is 2. The lowest BCUT2D eigenvalue weighted by molar-refractivity contribution is -0.119. The summed E-state index contributed by atoms with van der Waals surface area (Å²) in [6.45, 7) is 3.02. The maximum absolute atomic E-state index is 13.9. The molecule has 2 heterocycles. The number of likely N-dealkylation sites (tertiary alicyclic amines) is 1. The molecule has 0 unspecified atom stereocenters. The van der Waals surface area contributed by atoms with Crippen molar-refractivity contribution in [1.82, 2.24) is 10.2 Å². The van der Waals surface area contributed by atoms with Crippen molar-refractivity contribution in [2.75, 3.05) is 19.6 Å². The molecule has 2 aliphatic heterocycles. The van der Waals surface area contributed by atoms with Gasteiger partial charge in [0.25, 0.3) is 5.91 Å². The van der Waals surface area contributed by atoms with E-state index in [-0.39, 0.29) is 22.4 Å². The first-order chi connectivity index (χ1) is 10.4. The first-order valence-corrected chi connectivity index (χ1v) is 7.42. The van der Waals surface area contributed by atoms with Crippen LogP contribution in [0.25, 0.3) is 0 Å². The molecular formula is C16H18F2N2O2. The van der Waals surface area contributed by atoms with Gasteiger partial charge in [-0.05, 0) is 36.8 Å². The Morgan fingerprint density at radius 1 is 1.23 bits per heavy atom. The highest BCUT2D eigenvalue weighted by molar-refractivity contribution is 5.94. The van der Waals surface area contributed by atoms with E-state index in [0.29, 0.717) is 38.9 Å². The maximum Gasteiger partial charge on any atom is 0.256 e. The molecule has 2 aliphatic rings. The van der Waals surface area contributed by atoms with Crippen LogP contribution in [0.5, 0.6) is 0 Å². The lowest BCUT2D eigenvalue weighted by Gasteiger charge is -2.38. The van der Waals surface area contributed by atoms with Crippen LogP contribution in [0.1, 0.15) is 35.2 Å². The van der Waals surface area contributed by atoms with Gasteiger partial charge in [-0.25, -0.2) is 8.78 Å². The van der Waals surface area contributed by atoms with Gasteiger partial charge in [0.15, 0.2) is 11.6 Å². The predicted molar refractivity (Wildman–Crippen MR) is 76.3 cm³/mol. The summed E-state index contributed by atoms with van der Waals surface area (Å²) < 4.78 is 27.5. The van der Waals surface area contributed by atoms with Crippen molar-refractivity contribution in [3.63, 3.8) is 0 Å². The van der Waals surface area contributed by atoms with E-state index in [0.717, 1.165) is 0 Å². The Labute approximate surface area is 127 Å². The molecule has 1 N–H and O–H groups in total.